The van der Waals surface area contributed by atoms with Crippen LogP contribution in [-0.4, -0.2) is 31.9 Å². The molecule has 0 aliphatic heterocycles. The Bertz CT molecular complexity index is 464. The van der Waals surface area contributed by atoms with E-state index in [0.717, 1.165) is 11.1 Å². The Hall–Kier alpha value is -1.79. The molecular formula is C10H13N5O. The molecule has 1 atom stereocenters. The van der Waals surface area contributed by atoms with Crippen LogP contribution in [0, 0.1) is 0 Å². The van der Waals surface area contributed by atoms with E-state index in [4.69, 9.17) is 5.73 Å². The van der Waals surface area contributed by atoms with Gasteiger partial charge in [0.05, 0.1) is 13.2 Å². The van der Waals surface area contributed by atoms with Gasteiger partial charge in [-0.3, -0.25) is 0 Å². The van der Waals surface area contributed by atoms with Gasteiger partial charge in [0, 0.05) is 12.1 Å². The lowest BCUT2D eigenvalue weighted by atomic mass is 10.1. The van der Waals surface area contributed by atoms with Gasteiger partial charge in [-0.1, -0.05) is 24.3 Å². The fourth-order valence-corrected chi connectivity index (χ4v) is 1.39. The molecule has 1 aromatic carbocycles. The van der Waals surface area contributed by atoms with Crippen molar-refractivity contribution in [3.05, 3.63) is 29.8 Å². The number of nitrogens with two attached hydrogens (primary N) is 1. The van der Waals surface area contributed by atoms with Crippen LogP contribution in [0.1, 0.15) is 11.7 Å². The number of rotatable bonds is 3. The number of aromatic nitrogens is 4. The number of benzene rings is 1. The molecule has 1 aromatic heterocycles. The monoisotopic (exact) mass is 219 g/mol. The van der Waals surface area contributed by atoms with Crippen LogP contribution in [0.25, 0.3) is 11.4 Å². The topological polar surface area (TPSA) is 89.8 Å². The largest absolute Gasteiger partial charge is 0.387 e. The number of aliphatic hydroxyl groups excluding tert-OH is 1. The highest BCUT2D eigenvalue weighted by Gasteiger charge is 2.07. The highest BCUT2D eigenvalue weighted by Crippen LogP contribution is 2.17. The van der Waals surface area contributed by atoms with Crippen molar-refractivity contribution in [3.8, 4) is 11.4 Å². The van der Waals surface area contributed by atoms with Crippen LogP contribution in [-0.2, 0) is 7.05 Å². The molecule has 2 rings (SSSR count). The van der Waals surface area contributed by atoms with E-state index in [1.807, 2.05) is 24.3 Å². The van der Waals surface area contributed by atoms with Gasteiger partial charge in [-0.25, -0.2) is 0 Å². The fraction of sp³-hybridized carbons (Fsp3) is 0.300. The Morgan fingerprint density at radius 1 is 1.38 bits per heavy atom. The molecule has 16 heavy (non-hydrogen) atoms. The number of hydrogen-bond acceptors (Lipinski definition) is 5. The summed E-state index contributed by atoms with van der Waals surface area (Å²) in [7, 11) is 1.71. The molecule has 84 valence electrons. The van der Waals surface area contributed by atoms with Gasteiger partial charge in [0.2, 0.25) is 5.82 Å². The average molecular weight is 219 g/mol. The van der Waals surface area contributed by atoms with Gasteiger partial charge in [0.25, 0.3) is 0 Å². The van der Waals surface area contributed by atoms with Crippen LogP contribution in [0.15, 0.2) is 24.3 Å². The highest BCUT2D eigenvalue weighted by molar-refractivity contribution is 5.54. The number of aryl methyl sites for hydroxylation is 1. The lowest BCUT2D eigenvalue weighted by Gasteiger charge is -2.07. The van der Waals surface area contributed by atoms with Gasteiger partial charge < -0.3 is 10.8 Å². The van der Waals surface area contributed by atoms with E-state index in [2.05, 4.69) is 15.4 Å². The Morgan fingerprint density at radius 2 is 2.06 bits per heavy atom. The minimum Gasteiger partial charge on any atom is -0.387 e. The van der Waals surface area contributed by atoms with Gasteiger partial charge in [-0.05, 0) is 10.8 Å². The predicted octanol–water partition coefficient (Wildman–Crippen LogP) is -0.131. The van der Waals surface area contributed by atoms with Gasteiger partial charge in [-0.2, -0.15) is 4.80 Å². The van der Waals surface area contributed by atoms with Crippen LogP contribution in [0.3, 0.4) is 0 Å². The van der Waals surface area contributed by atoms with Crippen molar-refractivity contribution < 1.29 is 5.11 Å². The van der Waals surface area contributed by atoms with Crippen molar-refractivity contribution in [1.82, 2.24) is 20.2 Å². The summed E-state index contributed by atoms with van der Waals surface area (Å²) in [6.07, 6.45) is -0.621. The Balaban J connectivity index is 2.25. The summed E-state index contributed by atoms with van der Waals surface area (Å²) in [6, 6.07) is 7.29. The Morgan fingerprint density at radius 3 is 2.56 bits per heavy atom. The summed E-state index contributed by atoms with van der Waals surface area (Å²) in [5.74, 6) is 0.566. The minimum absolute atomic E-state index is 0.211. The lowest BCUT2D eigenvalue weighted by Crippen LogP contribution is -2.11. The fourth-order valence-electron chi connectivity index (χ4n) is 1.39. The van der Waals surface area contributed by atoms with Crippen molar-refractivity contribution in [1.29, 1.82) is 0 Å². The van der Waals surface area contributed by atoms with Gasteiger partial charge in [0.15, 0.2) is 0 Å². The smallest absolute Gasteiger partial charge is 0.204 e. The molecule has 1 heterocycles. The quantitative estimate of drug-likeness (QED) is 0.750. The van der Waals surface area contributed by atoms with Gasteiger partial charge >= 0.3 is 0 Å². The highest BCUT2D eigenvalue weighted by atomic mass is 16.3. The van der Waals surface area contributed by atoms with Crippen LogP contribution in [0.2, 0.25) is 0 Å². The van der Waals surface area contributed by atoms with Crippen LogP contribution in [0.5, 0.6) is 0 Å². The SMILES string of the molecule is Cn1nnc(-c2ccc(C(O)CN)cc2)n1. The van der Waals surface area contributed by atoms with Gasteiger partial charge in [0.1, 0.15) is 0 Å². The van der Waals surface area contributed by atoms with E-state index in [0.29, 0.717) is 5.82 Å². The summed E-state index contributed by atoms with van der Waals surface area (Å²) in [6.45, 7) is 0.211. The molecule has 0 spiro atoms. The molecule has 3 N–H and O–H groups in total. The Labute approximate surface area is 92.7 Å². The molecule has 0 bridgehead atoms. The summed E-state index contributed by atoms with van der Waals surface area (Å²) >= 11 is 0. The number of nitrogens with zero attached hydrogens (tertiary/aromatic N) is 4. The lowest BCUT2D eigenvalue weighted by molar-refractivity contribution is 0.187. The van der Waals surface area contributed by atoms with Crippen LogP contribution < -0.4 is 5.73 Å². The zero-order valence-electron chi connectivity index (χ0n) is 8.91. The predicted molar refractivity (Wildman–Crippen MR) is 58.2 cm³/mol. The zero-order chi connectivity index (χ0) is 11.5. The third kappa shape index (κ3) is 2.07. The van der Waals surface area contributed by atoms with E-state index in [-0.39, 0.29) is 6.54 Å². The maximum Gasteiger partial charge on any atom is 0.204 e. The first kappa shape index (κ1) is 10.7. The maximum absolute atomic E-state index is 9.52. The van der Waals surface area contributed by atoms with Crippen molar-refractivity contribution in [2.75, 3.05) is 6.54 Å². The van der Waals surface area contributed by atoms with E-state index in [9.17, 15) is 5.11 Å². The molecule has 0 saturated heterocycles. The second kappa shape index (κ2) is 4.38. The molecule has 1 unspecified atom stereocenters. The van der Waals surface area contributed by atoms with E-state index >= 15 is 0 Å². The third-order valence-corrected chi connectivity index (χ3v) is 2.29. The van der Waals surface area contributed by atoms with Gasteiger partial charge in [-0.15, -0.1) is 10.2 Å². The van der Waals surface area contributed by atoms with Crippen molar-refractivity contribution in [3.63, 3.8) is 0 Å². The molecule has 6 nitrogen and oxygen atoms in total. The summed E-state index contributed by atoms with van der Waals surface area (Å²) in [5, 5.41) is 21.3. The van der Waals surface area contributed by atoms with Crippen LogP contribution in [0.4, 0.5) is 0 Å². The standard InChI is InChI=1S/C10H13N5O/c1-15-13-10(12-14-15)8-4-2-7(3-5-8)9(16)6-11/h2-5,9,16H,6,11H2,1H3. The number of hydrogen-bond donors (Lipinski definition) is 2. The third-order valence-electron chi connectivity index (χ3n) is 2.29. The van der Waals surface area contributed by atoms with Crippen molar-refractivity contribution >= 4 is 0 Å². The Kier molecular flexibility index (Phi) is 2.93. The molecule has 6 heteroatoms. The first-order chi connectivity index (χ1) is 7.70. The molecule has 0 aliphatic carbocycles. The van der Waals surface area contributed by atoms with Crippen molar-refractivity contribution in [2.24, 2.45) is 12.8 Å². The summed E-state index contributed by atoms with van der Waals surface area (Å²) < 4.78 is 0. The van der Waals surface area contributed by atoms with E-state index in [1.54, 1.807) is 7.05 Å². The first-order valence-electron chi connectivity index (χ1n) is 4.93. The van der Waals surface area contributed by atoms with E-state index < -0.39 is 6.10 Å². The molecule has 0 aliphatic rings. The normalized spacial score (nSPS) is 12.7. The second-order valence-corrected chi connectivity index (χ2v) is 3.48. The minimum atomic E-state index is -0.621. The molecule has 0 radical (unpaired) electrons. The molecular weight excluding hydrogens is 206 g/mol. The number of tetrazole rings is 1. The summed E-state index contributed by atoms with van der Waals surface area (Å²) in [5.41, 5.74) is 7.02. The number of aliphatic hydroxyl groups is 1. The molecule has 0 saturated carbocycles. The van der Waals surface area contributed by atoms with Crippen LogP contribution >= 0.6 is 0 Å². The summed E-state index contributed by atoms with van der Waals surface area (Å²) in [4.78, 5) is 1.40. The molecule has 0 fully saturated rings. The van der Waals surface area contributed by atoms with Crippen molar-refractivity contribution in [2.45, 2.75) is 6.10 Å². The average Bonchev–Trinajstić information content (AvgIpc) is 2.75. The molecule has 2 aromatic rings. The first-order valence-corrected chi connectivity index (χ1v) is 4.93. The zero-order valence-corrected chi connectivity index (χ0v) is 8.91. The second-order valence-electron chi connectivity index (χ2n) is 3.48. The maximum atomic E-state index is 9.52. The molecule has 0 amide bonds. The van der Waals surface area contributed by atoms with E-state index in [1.165, 1.54) is 4.80 Å².